The van der Waals surface area contributed by atoms with Crippen molar-refractivity contribution in [3.63, 3.8) is 0 Å². The molecule has 2 heterocycles. The van der Waals surface area contributed by atoms with Crippen molar-refractivity contribution in [2.45, 2.75) is 25.0 Å². The normalized spacial score (nSPS) is 17.2. The van der Waals surface area contributed by atoms with Crippen molar-refractivity contribution in [3.05, 3.63) is 53.3 Å². The van der Waals surface area contributed by atoms with E-state index in [0.717, 1.165) is 32.0 Å². The van der Waals surface area contributed by atoms with E-state index in [0.29, 0.717) is 0 Å². The van der Waals surface area contributed by atoms with E-state index >= 15 is 0 Å². The fourth-order valence-electron chi connectivity index (χ4n) is 4.17. The van der Waals surface area contributed by atoms with Gasteiger partial charge in [-0.25, -0.2) is 4.39 Å². The van der Waals surface area contributed by atoms with Gasteiger partial charge in [-0.3, -0.25) is 9.59 Å². The summed E-state index contributed by atoms with van der Waals surface area (Å²) in [5.41, 5.74) is 0.432. The van der Waals surface area contributed by atoms with Gasteiger partial charge in [0.25, 0.3) is 5.91 Å². The molecule has 2 aliphatic heterocycles. The molecular formula is C23H26BFN2O7. The highest BCUT2D eigenvalue weighted by Gasteiger charge is 2.31. The third kappa shape index (κ3) is 5.39. The quantitative estimate of drug-likeness (QED) is 0.236. The molecule has 180 valence electrons. The largest absolute Gasteiger partial charge is 0.488 e. The molecule has 0 unspecified atom stereocenters. The molecule has 0 bridgehead atoms. The Morgan fingerprint density at radius 3 is 2.44 bits per heavy atom. The van der Waals surface area contributed by atoms with Gasteiger partial charge < -0.3 is 34.8 Å². The topological polar surface area (TPSA) is 129 Å². The lowest BCUT2D eigenvalue weighted by Crippen LogP contribution is -2.48. The molecule has 1 amide bonds. The number of ether oxygens (including phenoxy) is 2. The van der Waals surface area contributed by atoms with Crippen LogP contribution in [-0.4, -0.2) is 77.8 Å². The van der Waals surface area contributed by atoms with Gasteiger partial charge in [-0.1, -0.05) is 24.3 Å². The van der Waals surface area contributed by atoms with Gasteiger partial charge in [0, 0.05) is 12.1 Å². The first-order valence-electron chi connectivity index (χ1n) is 11.1. The summed E-state index contributed by atoms with van der Waals surface area (Å²) < 4.78 is 25.3. The van der Waals surface area contributed by atoms with Crippen molar-refractivity contribution in [3.8, 4) is 11.5 Å². The average Bonchev–Trinajstić information content (AvgIpc) is 3.36. The number of hydrogen-bond acceptors (Lipinski definition) is 8. The zero-order chi connectivity index (χ0) is 24.2. The predicted octanol–water partition coefficient (Wildman–Crippen LogP) is -0.226. The van der Waals surface area contributed by atoms with Crippen molar-refractivity contribution < 1.29 is 38.6 Å². The van der Waals surface area contributed by atoms with Gasteiger partial charge in [0.15, 0.2) is 17.3 Å². The Balaban J connectivity index is 1.54. The Kier molecular flexibility index (Phi) is 7.47. The first-order chi connectivity index (χ1) is 16.3. The molecule has 0 radical (unpaired) electrons. The number of hydrogen-bond donors (Lipinski definition) is 4. The van der Waals surface area contributed by atoms with Gasteiger partial charge in [-0.2, -0.15) is 0 Å². The Morgan fingerprint density at radius 1 is 1.09 bits per heavy atom. The number of likely N-dealkylation sites (tertiary alicyclic amines) is 1. The molecule has 34 heavy (non-hydrogen) atoms. The molecule has 0 spiro atoms. The molecule has 2 aromatic rings. The summed E-state index contributed by atoms with van der Waals surface area (Å²) in [5.74, 6) is -2.30. The van der Waals surface area contributed by atoms with E-state index in [1.165, 1.54) is 30.3 Å². The third-order valence-electron chi connectivity index (χ3n) is 5.99. The number of rotatable bonds is 8. The van der Waals surface area contributed by atoms with Gasteiger partial charge in [0.2, 0.25) is 5.78 Å². The van der Waals surface area contributed by atoms with Crippen LogP contribution >= 0.6 is 0 Å². The molecule has 9 nitrogen and oxygen atoms in total. The molecule has 11 heteroatoms. The first-order valence-corrected chi connectivity index (χ1v) is 11.1. The fourth-order valence-corrected chi connectivity index (χ4v) is 4.17. The molecular weight excluding hydrogens is 446 g/mol. The van der Waals surface area contributed by atoms with Crippen LogP contribution in [0.4, 0.5) is 4.39 Å². The third-order valence-corrected chi connectivity index (χ3v) is 5.99. The second-order valence-electron chi connectivity index (χ2n) is 8.38. The molecule has 1 fully saturated rings. The second kappa shape index (κ2) is 10.5. The molecule has 1 saturated heterocycles. The Morgan fingerprint density at radius 2 is 1.76 bits per heavy atom. The number of aliphatic hydroxyl groups excluding tert-OH is 1. The Labute approximate surface area is 196 Å². The highest BCUT2D eigenvalue weighted by atomic mass is 19.1. The maximum absolute atomic E-state index is 14.6. The Bertz CT molecular complexity index is 1040. The van der Waals surface area contributed by atoms with E-state index in [2.05, 4.69) is 10.2 Å². The lowest BCUT2D eigenvalue weighted by atomic mass is 9.80. The van der Waals surface area contributed by atoms with Crippen LogP contribution in [0.15, 0.2) is 36.4 Å². The number of benzene rings is 2. The summed E-state index contributed by atoms with van der Waals surface area (Å²) in [6, 6.07) is 7.03. The van der Waals surface area contributed by atoms with Crippen molar-refractivity contribution in [2.24, 2.45) is 0 Å². The van der Waals surface area contributed by atoms with Crippen molar-refractivity contribution >= 4 is 24.3 Å². The van der Waals surface area contributed by atoms with Crippen molar-refractivity contribution in [1.82, 2.24) is 10.2 Å². The standard InChI is InChI=1S/C23H26BFN2O7/c25-17-11-15(12-19-22(17)34-10-9-33-19)20(28)18(13-27-7-1-2-8-27)26-23(30)21(29)14-3-5-16(6-4-14)24(31)32/h3-6,11-12,18,20,28,31-32H,1-2,7-10,13H2,(H,26,30)/t18-,20-/m1/s1. The van der Waals surface area contributed by atoms with Gasteiger partial charge in [0.1, 0.15) is 19.3 Å². The zero-order valence-electron chi connectivity index (χ0n) is 18.4. The number of carbonyl (C=O) groups excluding carboxylic acids is 2. The molecule has 2 aliphatic rings. The SMILES string of the molecule is O=C(N[C@H](CN1CCCC1)[C@H](O)c1cc(F)c2c(c1)OCCO2)C(=O)c1ccc(B(O)O)cc1. The molecule has 2 atom stereocenters. The summed E-state index contributed by atoms with van der Waals surface area (Å²) in [6.07, 6.45) is 0.657. The maximum atomic E-state index is 14.6. The van der Waals surface area contributed by atoms with Crippen LogP contribution in [0.25, 0.3) is 0 Å². The molecule has 2 aromatic carbocycles. The van der Waals surface area contributed by atoms with E-state index in [4.69, 9.17) is 9.47 Å². The zero-order valence-corrected chi connectivity index (χ0v) is 18.4. The monoisotopic (exact) mass is 472 g/mol. The van der Waals surface area contributed by atoms with Gasteiger partial charge in [-0.15, -0.1) is 0 Å². The molecule has 0 saturated carbocycles. The molecule has 0 aromatic heterocycles. The molecule has 0 aliphatic carbocycles. The van der Waals surface area contributed by atoms with Crippen molar-refractivity contribution in [2.75, 3.05) is 32.8 Å². The predicted molar refractivity (Wildman–Crippen MR) is 121 cm³/mol. The highest BCUT2D eigenvalue weighted by Crippen LogP contribution is 2.36. The number of nitrogens with one attached hydrogen (secondary N) is 1. The highest BCUT2D eigenvalue weighted by molar-refractivity contribution is 6.58. The minimum atomic E-state index is -1.69. The summed E-state index contributed by atoms with van der Waals surface area (Å²) in [5, 5.41) is 32.1. The number of carbonyl (C=O) groups is 2. The van der Waals surface area contributed by atoms with E-state index in [-0.39, 0.29) is 47.8 Å². The maximum Gasteiger partial charge on any atom is 0.488 e. The van der Waals surface area contributed by atoms with E-state index in [1.807, 2.05) is 0 Å². The van der Waals surface area contributed by atoms with Crippen LogP contribution in [0.1, 0.15) is 34.9 Å². The number of halogens is 1. The number of fused-ring (bicyclic) bond motifs is 1. The van der Waals surface area contributed by atoms with Crippen LogP contribution < -0.4 is 20.3 Å². The molecule has 4 N–H and O–H groups in total. The minimum Gasteiger partial charge on any atom is -0.486 e. The number of amides is 1. The smallest absolute Gasteiger partial charge is 0.486 e. The number of nitrogens with zero attached hydrogens (tertiary/aromatic N) is 1. The number of Topliss-reactive ketones (excluding diaryl/α,β-unsaturated/α-hetero) is 1. The van der Waals surface area contributed by atoms with E-state index in [1.54, 1.807) is 0 Å². The first kappa shape index (κ1) is 24.1. The molecule has 4 rings (SSSR count). The number of ketones is 1. The van der Waals surface area contributed by atoms with Crippen LogP contribution in [-0.2, 0) is 4.79 Å². The van der Waals surface area contributed by atoms with Crippen LogP contribution in [0, 0.1) is 5.82 Å². The average molecular weight is 472 g/mol. The second-order valence-corrected chi connectivity index (χ2v) is 8.38. The summed E-state index contributed by atoms with van der Waals surface area (Å²) in [7, 11) is -1.69. The number of aliphatic hydroxyl groups is 1. The van der Waals surface area contributed by atoms with Gasteiger partial charge in [-0.05, 0) is 49.1 Å². The van der Waals surface area contributed by atoms with Crippen LogP contribution in [0.5, 0.6) is 11.5 Å². The Hall–Kier alpha value is -2.99. The van der Waals surface area contributed by atoms with Crippen LogP contribution in [0.3, 0.4) is 0 Å². The fraction of sp³-hybridized carbons (Fsp3) is 0.391. The lowest BCUT2D eigenvalue weighted by Gasteiger charge is -2.29. The summed E-state index contributed by atoms with van der Waals surface area (Å²) in [6.45, 7) is 2.31. The minimum absolute atomic E-state index is 0.0195. The van der Waals surface area contributed by atoms with E-state index in [9.17, 15) is 29.1 Å². The van der Waals surface area contributed by atoms with Crippen LogP contribution in [0.2, 0.25) is 0 Å². The van der Waals surface area contributed by atoms with Gasteiger partial charge in [0.05, 0.1) is 6.04 Å². The summed E-state index contributed by atoms with van der Waals surface area (Å²) >= 11 is 0. The van der Waals surface area contributed by atoms with Crippen molar-refractivity contribution in [1.29, 1.82) is 0 Å². The lowest BCUT2D eigenvalue weighted by molar-refractivity contribution is -0.118. The van der Waals surface area contributed by atoms with E-state index < -0.39 is 36.8 Å². The van der Waals surface area contributed by atoms with Gasteiger partial charge >= 0.3 is 7.12 Å². The summed E-state index contributed by atoms with van der Waals surface area (Å²) in [4.78, 5) is 27.5.